The number of amides is 1. The van der Waals surface area contributed by atoms with Gasteiger partial charge in [0.05, 0.1) is 43.2 Å². The first-order valence-electron chi connectivity index (χ1n) is 9.64. The van der Waals surface area contributed by atoms with Crippen molar-refractivity contribution in [3.8, 4) is 11.5 Å². The van der Waals surface area contributed by atoms with Gasteiger partial charge in [-0.2, -0.15) is 4.99 Å². The van der Waals surface area contributed by atoms with Gasteiger partial charge >= 0.3 is 0 Å². The minimum absolute atomic E-state index is 0.00332. The van der Waals surface area contributed by atoms with Gasteiger partial charge in [-0.25, -0.2) is 12.8 Å². The summed E-state index contributed by atoms with van der Waals surface area (Å²) in [5, 5.41) is 0.0207. The Morgan fingerprint density at radius 3 is 2.62 bits per heavy atom. The van der Waals surface area contributed by atoms with Crippen LogP contribution < -0.4 is 14.4 Å². The zero-order chi connectivity index (χ0) is 23.0. The van der Waals surface area contributed by atoms with Gasteiger partial charge in [0.1, 0.15) is 5.82 Å². The van der Waals surface area contributed by atoms with E-state index >= 15 is 0 Å². The van der Waals surface area contributed by atoms with Crippen molar-refractivity contribution in [2.75, 3.05) is 30.6 Å². The van der Waals surface area contributed by atoms with Gasteiger partial charge < -0.3 is 14.4 Å². The van der Waals surface area contributed by atoms with Gasteiger partial charge in [-0.15, -0.1) is 0 Å². The molecule has 2 aliphatic heterocycles. The zero-order valence-corrected chi connectivity index (χ0v) is 19.6. The topological polar surface area (TPSA) is 85.3 Å². The Morgan fingerprint density at radius 2 is 1.94 bits per heavy atom. The maximum atomic E-state index is 13.7. The molecule has 2 aliphatic rings. The summed E-state index contributed by atoms with van der Waals surface area (Å²) < 4.78 is 48.5. The smallest absolute Gasteiger partial charge is 0.252 e. The Hall–Kier alpha value is -2.30. The summed E-state index contributed by atoms with van der Waals surface area (Å²) in [6, 6.07) is 8.89. The van der Waals surface area contributed by atoms with Crippen LogP contribution in [0.1, 0.15) is 5.56 Å². The summed E-state index contributed by atoms with van der Waals surface area (Å²) in [6.07, 6.45) is 0.0239. The molecule has 32 heavy (non-hydrogen) atoms. The van der Waals surface area contributed by atoms with E-state index in [9.17, 15) is 17.6 Å². The molecule has 170 valence electrons. The van der Waals surface area contributed by atoms with E-state index in [0.717, 1.165) is 0 Å². The first-order valence-corrected chi connectivity index (χ1v) is 12.7. The molecule has 1 amide bonds. The van der Waals surface area contributed by atoms with Crippen LogP contribution in [0.25, 0.3) is 0 Å². The molecule has 2 heterocycles. The number of hydrogen-bond acceptors (Lipinski definition) is 6. The Labute approximate surface area is 194 Å². The fourth-order valence-electron chi connectivity index (χ4n) is 3.81. The molecule has 2 aromatic rings. The van der Waals surface area contributed by atoms with Crippen LogP contribution in [-0.2, 0) is 21.1 Å². The summed E-state index contributed by atoms with van der Waals surface area (Å²) in [5.41, 5.74) is 1.19. The SMILES string of the molecule is COc1ccc(CC(=O)N=C2S[C@H]3CS(=O)(=O)C[C@H]3N2c2ccc(F)c(Cl)c2)cc1OC. The number of thioether (sulfide) groups is 1. The molecule has 0 aromatic heterocycles. The number of methoxy groups -OCH3 is 2. The lowest BCUT2D eigenvalue weighted by molar-refractivity contribution is -0.117. The summed E-state index contributed by atoms with van der Waals surface area (Å²) in [6.45, 7) is 0. The Morgan fingerprint density at radius 1 is 1.19 bits per heavy atom. The number of benzene rings is 2. The monoisotopic (exact) mass is 498 g/mol. The largest absolute Gasteiger partial charge is 0.493 e. The average molecular weight is 499 g/mol. The molecule has 0 aliphatic carbocycles. The minimum Gasteiger partial charge on any atom is -0.493 e. The molecule has 0 spiro atoms. The number of carbonyl (C=O) groups excluding carboxylic acids is 1. The van der Waals surface area contributed by atoms with Crippen molar-refractivity contribution in [3.05, 3.63) is 52.8 Å². The number of ether oxygens (including phenoxy) is 2. The maximum absolute atomic E-state index is 13.7. The molecular formula is C21H20ClFN2O5S2. The van der Waals surface area contributed by atoms with Crippen molar-refractivity contribution in [2.24, 2.45) is 4.99 Å². The second kappa shape index (κ2) is 8.92. The van der Waals surface area contributed by atoms with Crippen molar-refractivity contribution in [1.29, 1.82) is 0 Å². The third kappa shape index (κ3) is 4.57. The molecule has 2 saturated heterocycles. The number of carbonyl (C=O) groups is 1. The van der Waals surface area contributed by atoms with E-state index in [4.69, 9.17) is 21.1 Å². The number of anilines is 1. The molecule has 0 radical (unpaired) electrons. The number of nitrogens with zero attached hydrogens (tertiary/aromatic N) is 2. The van der Waals surface area contributed by atoms with E-state index in [-0.39, 0.29) is 28.2 Å². The highest BCUT2D eigenvalue weighted by molar-refractivity contribution is 8.16. The second-order valence-corrected chi connectivity index (χ2v) is 11.2. The molecule has 0 unspecified atom stereocenters. The normalized spacial score (nSPS) is 22.8. The second-order valence-electron chi connectivity index (χ2n) is 7.42. The number of aliphatic imine (C=N–C) groups is 1. The van der Waals surface area contributed by atoms with Crippen molar-refractivity contribution in [2.45, 2.75) is 17.7 Å². The van der Waals surface area contributed by atoms with Gasteiger partial charge in [-0.05, 0) is 35.9 Å². The summed E-state index contributed by atoms with van der Waals surface area (Å²) in [5.74, 6) is -0.00134. The molecule has 0 bridgehead atoms. The summed E-state index contributed by atoms with van der Waals surface area (Å²) >= 11 is 7.19. The van der Waals surface area contributed by atoms with Crippen molar-refractivity contribution < 1.29 is 27.1 Å². The number of hydrogen-bond donors (Lipinski definition) is 0. The molecule has 0 N–H and O–H groups in total. The van der Waals surface area contributed by atoms with Crippen LogP contribution in [0.3, 0.4) is 0 Å². The lowest BCUT2D eigenvalue weighted by Gasteiger charge is -2.24. The predicted octanol–water partition coefficient (Wildman–Crippen LogP) is 3.34. The van der Waals surface area contributed by atoms with Crippen molar-refractivity contribution in [1.82, 2.24) is 0 Å². The van der Waals surface area contributed by atoms with Crippen LogP contribution in [0.5, 0.6) is 11.5 Å². The quantitative estimate of drug-likeness (QED) is 0.625. The molecule has 0 saturated carbocycles. The lowest BCUT2D eigenvalue weighted by Crippen LogP contribution is -2.37. The van der Waals surface area contributed by atoms with Gasteiger partial charge in [0.15, 0.2) is 26.5 Å². The molecule has 2 fully saturated rings. The molecular weight excluding hydrogens is 479 g/mol. The van der Waals surface area contributed by atoms with Gasteiger partial charge in [-0.3, -0.25) is 4.79 Å². The highest BCUT2D eigenvalue weighted by atomic mass is 35.5. The van der Waals surface area contributed by atoms with Crippen molar-refractivity contribution >= 4 is 50.0 Å². The van der Waals surface area contributed by atoms with Crippen LogP contribution in [0.2, 0.25) is 5.02 Å². The predicted molar refractivity (Wildman–Crippen MR) is 123 cm³/mol. The van der Waals surface area contributed by atoms with E-state index in [1.807, 2.05) is 0 Å². The van der Waals surface area contributed by atoms with Crippen LogP contribution in [0, 0.1) is 5.82 Å². The van der Waals surface area contributed by atoms with E-state index in [0.29, 0.717) is 27.9 Å². The number of halogens is 2. The fourth-order valence-corrected chi connectivity index (χ4v) is 7.92. The van der Waals surface area contributed by atoms with Gasteiger partial charge in [0.25, 0.3) is 5.91 Å². The molecule has 4 rings (SSSR count). The highest BCUT2D eigenvalue weighted by Crippen LogP contribution is 2.41. The first-order chi connectivity index (χ1) is 15.2. The third-order valence-electron chi connectivity index (χ3n) is 5.27. The lowest BCUT2D eigenvalue weighted by atomic mass is 10.1. The van der Waals surface area contributed by atoms with Crippen LogP contribution >= 0.6 is 23.4 Å². The van der Waals surface area contributed by atoms with Crippen molar-refractivity contribution in [3.63, 3.8) is 0 Å². The molecule has 11 heteroatoms. The average Bonchev–Trinajstić information content (AvgIpc) is 3.20. The van der Waals surface area contributed by atoms with Crippen LogP contribution in [0.15, 0.2) is 41.4 Å². The standard InChI is InChI=1S/C21H20ClFN2O5S2/c1-29-17-6-3-12(7-18(17)30-2)8-20(26)24-21-25(13-4-5-15(23)14(22)9-13)16-10-32(27,28)11-19(16)31-21/h3-7,9,16,19H,8,10-11H2,1-2H3/t16-,19+/m1/s1. The minimum atomic E-state index is -3.21. The van der Waals surface area contributed by atoms with E-state index in [1.165, 1.54) is 44.2 Å². The first kappa shape index (κ1) is 22.9. The Kier molecular flexibility index (Phi) is 6.37. The number of sulfone groups is 1. The van der Waals surface area contributed by atoms with Gasteiger partial charge in [-0.1, -0.05) is 29.4 Å². The number of rotatable bonds is 5. The van der Waals surface area contributed by atoms with E-state index < -0.39 is 27.6 Å². The Bertz CT molecular complexity index is 1200. The van der Waals surface area contributed by atoms with Crippen LogP contribution in [-0.4, -0.2) is 56.5 Å². The fraction of sp³-hybridized carbons (Fsp3) is 0.333. The summed E-state index contributed by atoms with van der Waals surface area (Å²) in [7, 11) is -0.176. The van der Waals surface area contributed by atoms with Crippen LogP contribution in [0.4, 0.5) is 10.1 Å². The van der Waals surface area contributed by atoms with Gasteiger partial charge in [0, 0.05) is 10.9 Å². The van der Waals surface area contributed by atoms with Gasteiger partial charge in [0.2, 0.25) is 0 Å². The van der Waals surface area contributed by atoms with E-state index in [2.05, 4.69) is 4.99 Å². The number of fused-ring (bicyclic) bond motifs is 1. The third-order valence-corrected chi connectivity index (χ3v) is 8.77. The molecule has 2 aromatic carbocycles. The van der Waals surface area contributed by atoms with E-state index in [1.54, 1.807) is 23.1 Å². The maximum Gasteiger partial charge on any atom is 0.252 e. The molecule has 2 atom stereocenters. The number of amidine groups is 1. The highest BCUT2D eigenvalue weighted by Gasteiger charge is 2.49. The summed E-state index contributed by atoms with van der Waals surface area (Å²) in [4.78, 5) is 18.7. The zero-order valence-electron chi connectivity index (χ0n) is 17.2. The molecule has 7 nitrogen and oxygen atoms in total. The Balaban J connectivity index is 1.63.